The summed E-state index contributed by atoms with van der Waals surface area (Å²) in [6.07, 6.45) is 3.24. The highest BCUT2D eigenvalue weighted by atomic mass is 19.1. The van der Waals surface area contributed by atoms with Gasteiger partial charge in [-0.2, -0.15) is 0 Å². The fourth-order valence-corrected chi connectivity index (χ4v) is 1.42. The molecule has 2 nitrogen and oxygen atoms in total. The van der Waals surface area contributed by atoms with Gasteiger partial charge in [0.05, 0.1) is 11.7 Å². The van der Waals surface area contributed by atoms with Gasteiger partial charge in [-0.3, -0.25) is 4.98 Å². The van der Waals surface area contributed by atoms with Crippen molar-refractivity contribution in [2.75, 3.05) is 7.05 Å². The Morgan fingerprint density at radius 3 is 2.93 bits per heavy atom. The molecule has 0 fully saturated rings. The van der Waals surface area contributed by atoms with Crippen LogP contribution in [0.1, 0.15) is 31.5 Å². The molecule has 1 aromatic heterocycles. The minimum atomic E-state index is -0.263. The van der Waals surface area contributed by atoms with Gasteiger partial charge in [-0.1, -0.05) is 19.1 Å². The van der Waals surface area contributed by atoms with Crippen LogP contribution < -0.4 is 5.32 Å². The summed E-state index contributed by atoms with van der Waals surface area (Å²) in [6, 6.07) is 2.94. The molecular formula is C12H17FN2. The van der Waals surface area contributed by atoms with Gasteiger partial charge in [-0.05, 0) is 32.0 Å². The first kappa shape index (κ1) is 11.9. The molecule has 82 valence electrons. The zero-order valence-corrected chi connectivity index (χ0v) is 9.26. The molecule has 1 heterocycles. The molecule has 3 heteroatoms. The van der Waals surface area contributed by atoms with Crippen molar-refractivity contribution in [2.45, 2.75) is 25.8 Å². The van der Waals surface area contributed by atoms with Gasteiger partial charge >= 0.3 is 0 Å². The smallest absolute Gasteiger partial charge is 0.146 e. The topological polar surface area (TPSA) is 24.9 Å². The Kier molecular flexibility index (Phi) is 4.43. The Labute approximate surface area is 90.2 Å². The van der Waals surface area contributed by atoms with Crippen LogP contribution in [0, 0.1) is 5.82 Å². The Morgan fingerprint density at radius 1 is 1.67 bits per heavy atom. The molecular weight excluding hydrogens is 191 g/mol. The molecule has 0 radical (unpaired) electrons. The van der Waals surface area contributed by atoms with Crippen molar-refractivity contribution in [1.82, 2.24) is 10.3 Å². The van der Waals surface area contributed by atoms with E-state index in [2.05, 4.69) is 16.9 Å². The number of pyridine rings is 1. The summed E-state index contributed by atoms with van der Waals surface area (Å²) in [7, 11) is 1.81. The summed E-state index contributed by atoms with van der Waals surface area (Å²) in [6.45, 7) is 5.97. The van der Waals surface area contributed by atoms with Gasteiger partial charge in [0.25, 0.3) is 0 Å². The normalized spacial score (nSPS) is 12.5. The van der Waals surface area contributed by atoms with Gasteiger partial charge in [-0.25, -0.2) is 4.39 Å². The summed E-state index contributed by atoms with van der Waals surface area (Å²) >= 11 is 0. The van der Waals surface area contributed by atoms with Crippen LogP contribution in [0.25, 0.3) is 0 Å². The number of hydrogen-bond acceptors (Lipinski definition) is 2. The van der Waals surface area contributed by atoms with Crippen molar-refractivity contribution in [3.05, 3.63) is 42.0 Å². The lowest BCUT2D eigenvalue weighted by Crippen LogP contribution is -2.19. The number of rotatable bonds is 5. The Morgan fingerprint density at radius 2 is 2.40 bits per heavy atom. The summed E-state index contributed by atoms with van der Waals surface area (Å²) < 4.78 is 13.4. The quantitative estimate of drug-likeness (QED) is 0.753. The maximum atomic E-state index is 13.4. The summed E-state index contributed by atoms with van der Waals surface area (Å²) in [5.41, 5.74) is 1.56. The van der Waals surface area contributed by atoms with Crippen LogP contribution in [0.3, 0.4) is 0 Å². The average molecular weight is 208 g/mol. The zero-order chi connectivity index (χ0) is 11.3. The van der Waals surface area contributed by atoms with Crippen LogP contribution in [0.5, 0.6) is 0 Å². The number of nitrogens with one attached hydrogen (secondary N) is 1. The molecule has 1 unspecified atom stereocenters. The van der Waals surface area contributed by atoms with E-state index in [1.165, 1.54) is 6.07 Å². The first-order valence-corrected chi connectivity index (χ1v) is 5.13. The molecule has 1 rings (SSSR count). The van der Waals surface area contributed by atoms with E-state index >= 15 is 0 Å². The van der Waals surface area contributed by atoms with Crippen LogP contribution in [-0.4, -0.2) is 12.0 Å². The van der Waals surface area contributed by atoms with E-state index in [1.807, 2.05) is 14.0 Å². The molecule has 0 aliphatic carbocycles. The molecule has 0 saturated heterocycles. The monoisotopic (exact) mass is 208 g/mol. The number of nitrogens with zero attached hydrogens (tertiary/aromatic N) is 1. The van der Waals surface area contributed by atoms with Crippen molar-refractivity contribution in [3.8, 4) is 0 Å². The van der Waals surface area contributed by atoms with E-state index < -0.39 is 0 Å². The molecule has 0 bridgehead atoms. The molecule has 0 aliphatic heterocycles. The van der Waals surface area contributed by atoms with E-state index in [4.69, 9.17) is 0 Å². The Hall–Kier alpha value is -1.22. The predicted molar refractivity (Wildman–Crippen MR) is 60.0 cm³/mol. The van der Waals surface area contributed by atoms with Crippen LogP contribution >= 0.6 is 0 Å². The Bertz CT molecular complexity index is 336. The lowest BCUT2D eigenvalue weighted by Gasteiger charge is -2.16. The summed E-state index contributed by atoms with van der Waals surface area (Å²) in [5.74, 6) is -0.263. The second-order valence-electron chi connectivity index (χ2n) is 3.52. The van der Waals surface area contributed by atoms with Gasteiger partial charge in [0.2, 0.25) is 0 Å². The van der Waals surface area contributed by atoms with Gasteiger partial charge in [0, 0.05) is 6.20 Å². The third-order valence-electron chi connectivity index (χ3n) is 2.46. The maximum absolute atomic E-state index is 13.4. The SMILES string of the molecule is C=C(CC)CC(NC)c1ncccc1F. The van der Waals surface area contributed by atoms with E-state index in [0.717, 1.165) is 18.4 Å². The predicted octanol–water partition coefficient (Wildman–Crippen LogP) is 2.84. The van der Waals surface area contributed by atoms with E-state index in [1.54, 1.807) is 12.3 Å². The lowest BCUT2D eigenvalue weighted by atomic mass is 10.0. The molecule has 0 amide bonds. The molecule has 15 heavy (non-hydrogen) atoms. The summed E-state index contributed by atoms with van der Waals surface area (Å²) in [4.78, 5) is 4.06. The molecule has 1 atom stereocenters. The van der Waals surface area contributed by atoms with E-state index in [9.17, 15) is 4.39 Å². The lowest BCUT2D eigenvalue weighted by molar-refractivity contribution is 0.512. The van der Waals surface area contributed by atoms with Gasteiger partial charge in [0.1, 0.15) is 5.82 Å². The zero-order valence-electron chi connectivity index (χ0n) is 9.26. The highest BCUT2D eigenvalue weighted by molar-refractivity contribution is 5.14. The van der Waals surface area contributed by atoms with E-state index in [0.29, 0.717) is 5.69 Å². The number of halogens is 1. The highest BCUT2D eigenvalue weighted by Gasteiger charge is 2.15. The molecule has 1 N–H and O–H groups in total. The van der Waals surface area contributed by atoms with Gasteiger partial charge in [-0.15, -0.1) is 0 Å². The average Bonchev–Trinajstić information content (AvgIpc) is 2.26. The minimum absolute atomic E-state index is 0.0846. The van der Waals surface area contributed by atoms with Crippen LogP contribution in [0.4, 0.5) is 4.39 Å². The van der Waals surface area contributed by atoms with E-state index in [-0.39, 0.29) is 11.9 Å². The standard InChI is InChI=1S/C12H17FN2/c1-4-9(2)8-11(14-3)12-10(13)6-5-7-15-12/h5-7,11,14H,2,4,8H2,1,3H3. The van der Waals surface area contributed by atoms with Gasteiger partial charge < -0.3 is 5.32 Å². The number of hydrogen-bond donors (Lipinski definition) is 1. The fraction of sp³-hybridized carbons (Fsp3) is 0.417. The Balaban J connectivity index is 2.83. The van der Waals surface area contributed by atoms with Crippen molar-refractivity contribution in [3.63, 3.8) is 0 Å². The first-order chi connectivity index (χ1) is 7.19. The van der Waals surface area contributed by atoms with Gasteiger partial charge in [0.15, 0.2) is 0 Å². The first-order valence-electron chi connectivity index (χ1n) is 5.13. The van der Waals surface area contributed by atoms with Crippen molar-refractivity contribution >= 4 is 0 Å². The van der Waals surface area contributed by atoms with Crippen LogP contribution in [0.15, 0.2) is 30.5 Å². The van der Waals surface area contributed by atoms with Crippen molar-refractivity contribution < 1.29 is 4.39 Å². The van der Waals surface area contributed by atoms with Crippen molar-refractivity contribution in [1.29, 1.82) is 0 Å². The molecule has 0 spiro atoms. The maximum Gasteiger partial charge on any atom is 0.146 e. The largest absolute Gasteiger partial charge is 0.311 e. The third kappa shape index (κ3) is 3.13. The van der Waals surface area contributed by atoms with Crippen molar-refractivity contribution in [2.24, 2.45) is 0 Å². The minimum Gasteiger partial charge on any atom is -0.311 e. The molecule has 0 aromatic carbocycles. The molecule has 0 aliphatic rings. The van der Waals surface area contributed by atoms with Crippen LogP contribution in [-0.2, 0) is 0 Å². The molecule has 1 aromatic rings. The highest BCUT2D eigenvalue weighted by Crippen LogP contribution is 2.21. The third-order valence-corrected chi connectivity index (χ3v) is 2.46. The van der Waals surface area contributed by atoms with Crippen LogP contribution in [0.2, 0.25) is 0 Å². The summed E-state index contributed by atoms with van der Waals surface area (Å²) in [5, 5.41) is 3.06. The second kappa shape index (κ2) is 5.61. The second-order valence-corrected chi connectivity index (χ2v) is 3.52. The molecule has 0 saturated carbocycles. The number of aromatic nitrogens is 1. The fourth-order valence-electron chi connectivity index (χ4n) is 1.42.